The molecule has 0 atom stereocenters. The van der Waals surface area contributed by atoms with Crippen LogP contribution in [0.4, 0.5) is 17.1 Å². The van der Waals surface area contributed by atoms with Crippen LogP contribution in [-0.4, -0.2) is 0 Å². The lowest BCUT2D eigenvalue weighted by Gasteiger charge is -2.26. The first-order chi connectivity index (χ1) is 26.3. The summed E-state index contributed by atoms with van der Waals surface area (Å²) in [5.74, 6) is 0. The molecular formula is C51H35NS. The van der Waals surface area contributed by atoms with E-state index in [1.165, 1.54) is 81.5 Å². The van der Waals surface area contributed by atoms with Crippen LogP contribution in [0.3, 0.4) is 0 Å². The summed E-state index contributed by atoms with van der Waals surface area (Å²) >= 11 is 1.87. The van der Waals surface area contributed by atoms with Crippen LogP contribution < -0.4 is 4.90 Å². The number of benzene rings is 8. The van der Waals surface area contributed by atoms with Gasteiger partial charge in [-0.25, -0.2) is 0 Å². The highest BCUT2D eigenvalue weighted by Crippen LogP contribution is 2.46. The fraction of sp³-hybridized carbons (Fsp3) is 0.0196. The number of hydrogen-bond acceptors (Lipinski definition) is 2. The Morgan fingerprint density at radius 1 is 0.491 bits per heavy atom. The van der Waals surface area contributed by atoms with E-state index in [4.69, 9.17) is 0 Å². The van der Waals surface area contributed by atoms with Crippen molar-refractivity contribution in [3.63, 3.8) is 0 Å². The largest absolute Gasteiger partial charge is 0.310 e. The molecule has 1 aromatic heterocycles. The molecule has 1 aliphatic carbocycles. The number of fused-ring (bicyclic) bond motifs is 6. The second-order valence-corrected chi connectivity index (χ2v) is 14.8. The van der Waals surface area contributed by atoms with Crippen LogP contribution in [0.15, 0.2) is 194 Å². The molecule has 0 spiro atoms. The molecule has 0 unspecified atom stereocenters. The fourth-order valence-corrected chi connectivity index (χ4v) is 9.15. The van der Waals surface area contributed by atoms with E-state index in [2.05, 4.69) is 205 Å². The first-order valence-corrected chi connectivity index (χ1v) is 19.0. The summed E-state index contributed by atoms with van der Waals surface area (Å²) in [6.45, 7) is 0. The average molecular weight is 694 g/mol. The van der Waals surface area contributed by atoms with E-state index in [9.17, 15) is 0 Å². The lowest BCUT2D eigenvalue weighted by molar-refractivity contribution is 1.26. The molecule has 9 aromatic rings. The summed E-state index contributed by atoms with van der Waals surface area (Å²) in [4.78, 5) is 2.39. The normalized spacial score (nSPS) is 12.2. The molecule has 0 saturated carbocycles. The number of anilines is 3. The van der Waals surface area contributed by atoms with E-state index in [1.807, 2.05) is 11.3 Å². The highest BCUT2D eigenvalue weighted by atomic mass is 32.1. The summed E-state index contributed by atoms with van der Waals surface area (Å²) in [7, 11) is 0. The molecule has 0 amide bonds. The van der Waals surface area contributed by atoms with Gasteiger partial charge in [0, 0.05) is 31.5 Å². The standard InChI is InChI=1S/C51H35NS/c1-4-14-35(15-5-1)36-26-28-37(29-27-36)45(34-41-18-12-17-40-32-38-16-10-11-23-44(38)50(40)41)39-30-31-48-46(33-39)51-47(24-13-25-49(51)53-48)52(42-19-6-2-7-20-42)43-21-8-3-9-22-43/h1-31,33-34H,32H2/b45-34+. The molecule has 1 heterocycles. The van der Waals surface area contributed by atoms with Crippen molar-refractivity contribution >= 4 is 60.2 Å². The van der Waals surface area contributed by atoms with Crippen molar-refractivity contribution in [3.05, 3.63) is 222 Å². The molecule has 0 aliphatic heterocycles. The molecule has 1 aliphatic rings. The smallest absolute Gasteiger partial charge is 0.0554 e. The van der Waals surface area contributed by atoms with Gasteiger partial charge >= 0.3 is 0 Å². The monoisotopic (exact) mass is 693 g/mol. The van der Waals surface area contributed by atoms with Crippen LogP contribution in [0.25, 0.3) is 54.1 Å². The van der Waals surface area contributed by atoms with Gasteiger partial charge in [0.05, 0.1) is 5.69 Å². The van der Waals surface area contributed by atoms with E-state index in [0.29, 0.717) is 0 Å². The molecule has 0 N–H and O–H groups in total. The molecular weight excluding hydrogens is 659 g/mol. The molecule has 2 heteroatoms. The predicted octanol–water partition coefficient (Wildman–Crippen LogP) is 14.4. The Morgan fingerprint density at radius 3 is 1.87 bits per heavy atom. The van der Waals surface area contributed by atoms with E-state index in [1.54, 1.807) is 0 Å². The average Bonchev–Trinajstić information content (AvgIpc) is 3.80. The van der Waals surface area contributed by atoms with Crippen molar-refractivity contribution < 1.29 is 0 Å². The maximum Gasteiger partial charge on any atom is 0.0554 e. The zero-order valence-electron chi connectivity index (χ0n) is 29.1. The Kier molecular flexibility index (Phi) is 7.82. The summed E-state index contributed by atoms with van der Waals surface area (Å²) in [6.07, 6.45) is 3.40. The minimum Gasteiger partial charge on any atom is -0.310 e. The van der Waals surface area contributed by atoms with Gasteiger partial charge in [-0.05, 0) is 117 Å². The molecule has 0 fully saturated rings. The number of hydrogen-bond donors (Lipinski definition) is 0. The van der Waals surface area contributed by atoms with Crippen LogP contribution in [0.2, 0.25) is 0 Å². The predicted molar refractivity (Wildman–Crippen MR) is 228 cm³/mol. The quantitative estimate of drug-likeness (QED) is 0.150. The van der Waals surface area contributed by atoms with Gasteiger partial charge in [0.2, 0.25) is 0 Å². The lowest BCUT2D eigenvalue weighted by Crippen LogP contribution is -2.09. The number of thiophene rings is 1. The molecule has 10 rings (SSSR count). The Morgan fingerprint density at radius 2 is 1.11 bits per heavy atom. The van der Waals surface area contributed by atoms with E-state index in [0.717, 1.165) is 17.8 Å². The van der Waals surface area contributed by atoms with Crippen LogP contribution in [0.1, 0.15) is 27.8 Å². The van der Waals surface area contributed by atoms with Gasteiger partial charge in [0.15, 0.2) is 0 Å². The third-order valence-electron chi connectivity index (χ3n) is 10.5. The summed E-state index contributed by atoms with van der Waals surface area (Å²) in [5.41, 5.74) is 16.3. The Bertz CT molecular complexity index is 2740. The van der Waals surface area contributed by atoms with Crippen molar-refractivity contribution in [1.29, 1.82) is 0 Å². The number of para-hydroxylation sites is 2. The molecule has 8 aromatic carbocycles. The molecule has 250 valence electrons. The molecule has 0 saturated heterocycles. The molecule has 1 nitrogen and oxygen atoms in total. The Balaban J connectivity index is 1.19. The van der Waals surface area contributed by atoms with Gasteiger partial charge < -0.3 is 4.90 Å². The van der Waals surface area contributed by atoms with Crippen molar-refractivity contribution in [2.45, 2.75) is 6.42 Å². The highest BCUT2D eigenvalue weighted by Gasteiger charge is 2.22. The second-order valence-electron chi connectivity index (χ2n) is 13.7. The highest BCUT2D eigenvalue weighted by molar-refractivity contribution is 7.26. The van der Waals surface area contributed by atoms with Gasteiger partial charge in [0.1, 0.15) is 0 Å². The SMILES string of the molecule is C(=C(/c1ccc(-c2ccccc2)cc1)c1ccc2sc3cccc(N(c4ccccc4)c4ccccc4)c3c2c1)/c1cccc2c1-c1ccccc1C2. The topological polar surface area (TPSA) is 3.24 Å². The minimum atomic E-state index is 0.975. The van der Waals surface area contributed by atoms with Crippen LogP contribution >= 0.6 is 11.3 Å². The van der Waals surface area contributed by atoms with Gasteiger partial charge in [-0.3, -0.25) is 0 Å². The Hall–Kier alpha value is -6.48. The summed E-state index contributed by atoms with van der Waals surface area (Å²) < 4.78 is 2.56. The van der Waals surface area contributed by atoms with Crippen LogP contribution in [0, 0.1) is 0 Å². The van der Waals surface area contributed by atoms with E-state index < -0.39 is 0 Å². The van der Waals surface area contributed by atoms with Crippen molar-refractivity contribution in [1.82, 2.24) is 0 Å². The zero-order valence-corrected chi connectivity index (χ0v) is 29.9. The number of rotatable bonds is 7. The second kappa shape index (κ2) is 13.2. The molecule has 0 radical (unpaired) electrons. The van der Waals surface area contributed by atoms with Gasteiger partial charge in [-0.2, -0.15) is 0 Å². The van der Waals surface area contributed by atoms with Gasteiger partial charge in [-0.15, -0.1) is 11.3 Å². The van der Waals surface area contributed by atoms with E-state index >= 15 is 0 Å². The summed E-state index contributed by atoms with van der Waals surface area (Å²) in [5, 5.41) is 2.54. The van der Waals surface area contributed by atoms with Gasteiger partial charge in [0.25, 0.3) is 0 Å². The molecule has 53 heavy (non-hydrogen) atoms. The van der Waals surface area contributed by atoms with Crippen LogP contribution in [-0.2, 0) is 6.42 Å². The maximum absolute atomic E-state index is 2.43. The first-order valence-electron chi connectivity index (χ1n) is 18.2. The molecule has 0 bridgehead atoms. The van der Waals surface area contributed by atoms with Gasteiger partial charge in [-0.1, -0.05) is 146 Å². The fourth-order valence-electron chi connectivity index (χ4n) is 8.04. The van der Waals surface area contributed by atoms with Crippen molar-refractivity contribution in [2.75, 3.05) is 4.90 Å². The van der Waals surface area contributed by atoms with Crippen molar-refractivity contribution in [2.24, 2.45) is 0 Å². The first kappa shape index (κ1) is 31.3. The number of nitrogens with zero attached hydrogens (tertiary/aromatic N) is 1. The zero-order chi connectivity index (χ0) is 35.1. The Labute approximate surface area is 314 Å². The van der Waals surface area contributed by atoms with E-state index in [-0.39, 0.29) is 0 Å². The third-order valence-corrected chi connectivity index (χ3v) is 11.6. The summed E-state index contributed by atoms with van der Waals surface area (Å²) in [6, 6.07) is 70.6. The van der Waals surface area contributed by atoms with Crippen LogP contribution in [0.5, 0.6) is 0 Å². The lowest BCUT2D eigenvalue weighted by atomic mass is 9.91. The minimum absolute atomic E-state index is 0.975. The maximum atomic E-state index is 2.43. The third kappa shape index (κ3) is 5.65. The van der Waals surface area contributed by atoms with Crippen molar-refractivity contribution in [3.8, 4) is 22.3 Å².